The van der Waals surface area contributed by atoms with Gasteiger partial charge < -0.3 is 14.5 Å². The third-order valence-corrected chi connectivity index (χ3v) is 3.93. The van der Waals surface area contributed by atoms with E-state index in [-0.39, 0.29) is 17.6 Å². The Kier molecular flexibility index (Phi) is 4.99. The third kappa shape index (κ3) is 3.90. The summed E-state index contributed by atoms with van der Waals surface area (Å²) in [6.45, 7) is 0. The molecule has 0 spiro atoms. The first kappa shape index (κ1) is 17.2. The minimum absolute atomic E-state index is 0.171. The van der Waals surface area contributed by atoms with Crippen molar-refractivity contribution in [2.75, 3.05) is 12.4 Å². The lowest BCUT2D eigenvalue weighted by Crippen LogP contribution is -2.10. The molecule has 0 aliphatic carbocycles. The van der Waals surface area contributed by atoms with Crippen molar-refractivity contribution in [1.29, 1.82) is 5.26 Å². The van der Waals surface area contributed by atoms with Gasteiger partial charge in [0.1, 0.15) is 5.58 Å². The van der Waals surface area contributed by atoms with E-state index < -0.39 is 0 Å². The van der Waals surface area contributed by atoms with Crippen molar-refractivity contribution in [3.63, 3.8) is 0 Å². The summed E-state index contributed by atoms with van der Waals surface area (Å²) in [6, 6.07) is 15.9. The Bertz CT molecular complexity index is 997. The maximum absolute atomic E-state index is 12.3. The molecule has 6 heteroatoms. The van der Waals surface area contributed by atoms with E-state index in [1.54, 1.807) is 36.4 Å². The van der Waals surface area contributed by atoms with Gasteiger partial charge in [0.05, 0.1) is 18.7 Å². The van der Waals surface area contributed by atoms with Crippen LogP contribution in [0.2, 0.25) is 0 Å². The molecule has 0 saturated carbocycles. The molecule has 0 fully saturated rings. The summed E-state index contributed by atoms with van der Waals surface area (Å²) in [4.78, 5) is 23.5. The van der Waals surface area contributed by atoms with E-state index in [0.29, 0.717) is 35.1 Å². The summed E-state index contributed by atoms with van der Waals surface area (Å²) in [5.41, 5.74) is 2.65. The Morgan fingerprint density at radius 3 is 2.62 bits per heavy atom. The number of benzene rings is 2. The van der Waals surface area contributed by atoms with Crippen molar-refractivity contribution in [2.45, 2.75) is 12.8 Å². The molecule has 1 N–H and O–H groups in total. The van der Waals surface area contributed by atoms with Crippen molar-refractivity contribution in [2.24, 2.45) is 0 Å². The van der Waals surface area contributed by atoms with E-state index >= 15 is 0 Å². The lowest BCUT2D eigenvalue weighted by atomic mass is 10.1. The van der Waals surface area contributed by atoms with Gasteiger partial charge in [-0.05, 0) is 48.4 Å². The van der Waals surface area contributed by atoms with Crippen molar-refractivity contribution in [3.8, 4) is 6.07 Å². The first-order chi connectivity index (χ1) is 12.6. The van der Waals surface area contributed by atoms with E-state index in [4.69, 9.17) is 9.68 Å². The van der Waals surface area contributed by atoms with Crippen LogP contribution in [-0.2, 0) is 16.0 Å². The Morgan fingerprint density at radius 2 is 1.92 bits per heavy atom. The van der Waals surface area contributed by atoms with Crippen molar-refractivity contribution in [1.82, 2.24) is 0 Å². The first-order valence-corrected chi connectivity index (χ1v) is 8.00. The summed E-state index contributed by atoms with van der Waals surface area (Å²) in [6.07, 6.45) is 0.886. The summed E-state index contributed by atoms with van der Waals surface area (Å²) in [5, 5.41) is 12.4. The lowest BCUT2D eigenvalue weighted by molar-refractivity contribution is -0.140. The number of nitriles is 1. The minimum Gasteiger partial charge on any atom is -0.469 e. The minimum atomic E-state index is -0.373. The fourth-order valence-electron chi connectivity index (χ4n) is 2.52. The number of hydrogen-bond donors (Lipinski definition) is 1. The molecule has 0 bridgehead atoms. The average molecular weight is 348 g/mol. The molecule has 1 aromatic heterocycles. The predicted molar refractivity (Wildman–Crippen MR) is 95.7 cm³/mol. The zero-order valence-corrected chi connectivity index (χ0v) is 14.1. The molecule has 6 nitrogen and oxygen atoms in total. The van der Waals surface area contributed by atoms with Crippen LogP contribution < -0.4 is 5.32 Å². The van der Waals surface area contributed by atoms with Crippen LogP contribution in [0.25, 0.3) is 11.0 Å². The molecule has 3 rings (SSSR count). The molecule has 0 unspecified atom stereocenters. The average Bonchev–Trinajstić information content (AvgIpc) is 3.10. The van der Waals surface area contributed by atoms with Gasteiger partial charge in [-0.1, -0.05) is 12.1 Å². The largest absolute Gasteiger partial charge is 0.469 e. The summed E-state index contributed by atoms with van der Waals surface area (Å²) in [7, 11) is 1.36. The standard InChI is InChI=1S/C20H16N2O4/c1-25-19(23)9-5-13-2-6-16(7-3-13)22-20(24)18-11-15-10-14(12-21)4-8-17(15)26-18/h2-4,6-8,10-11H,5,9H2,1H3,(H,22,24). The SMILES string of the molecule is COC(=O)CCc1ccc(NC(=O)c2cc3cc(C#N)ccc3o2)cc1. The van der Waals surface area contributed by atoms with E-state index in [1.807, 2.05) is 12.1 Å². The van der Waals surface area contributed by atoms with Gasteiger partial charge in [0.25, 0.3) is 5.91 Å². The van der Waals surface area contributed by atoms with Gasteiger partial charge in [-0.2, -0.15) is 5.26 Å². The molecule has 130 valence electrons. The van der Waals surface area contributed by atoms with Crippen molar-refractivity contribution < 1.29 is 18.7 Å². The molecular weight excluding hydrogens is 332 g/mol. The second kappa shape index (κ2) is 7.53. The van der Waals surface area contributed by atoms with Crippen LogP contribution in [0.4, 0.5) is 5.69 Å². The zero-order valence-electron chi connectivity index (χ0n) is 14.1. The summed E-state index contributed by atoms with van der Waals surface area (Å²) < 4.78 is 10.1. The number of hydrogen-bond acceptors (Lipinski definition) is 5. The fraction of sp³-hybridized carbons (Fsp3) is 0.150. The molecule has 0 aliphatic rings. The maximum atomic E-state index is 12.3. The first-order valence-electron chi connectivity index (χ1n) is 8.00. The number of carbonyl (C=O) groups is 2. The van der Waals surface area contributed by atoms with E-state index in [2.05, 4.69) is 16.1 Å². The van der Waals surface area contributed by atoms with E-state index in [9.17, 15) is 9.59 Å². The summed E-state index contributed by atoms with van der Waals surface area (Å²) in [5.74, 6) is -0.460. The number of carbonyl (C=O) groups excluding carboxylic acids is 2. The van der Waals surface area contributed by atoms with Crippen LogP contribution in [0, 0.1) is 11.3 Å². The van der Waals surface area contributed by atoms with Crippen LogP contribution in [0.5, 0.6) is 0 Å². The number of rotatable bonds is 5. The van der Waals surface area contributed by atoms with Crippen LogP contribution in [0.1, 0.15) is 28.1 Å². The molecule has 0 radical (unpaired) electrons. The highest BCUT2D eigenvalue weighted by Gasteiger charge is 2.13. The molecule has 0 saturated heterocycles. The highest BCUT2D eigenvalue weighted by molar-refractivity contribution is 6.04. The fourth-order valence-corrected chi connectivity index (χ4v) is 2.52. The molecule has 0 atom stereocenters. The van der Waals surface area contributed by atoms with Crippen LogP contribution in [0.3, 0.4) is 0 Å². The van der Waals surface area contributed by atoms with E-state index in [0.717, 1.165) is 5.56 Å². The Labute approximate surface area is 150 Å². The number of furan rings is 1. The molecule has 26 heavy (non-hydrogen) atoms. The van der Waals surface area contributed by atoms with Crippen LogP contribution in [0.15, 0.2) is 52.9 Å². The van der Waals surface area contributed by atoms with Crippen molar-refractivity contribution in [3.05, 3.63) is 65.4 Å². The monoisotopic (exact) mass is 348 g/mol. The topological polar surface area (TPSA) is 92.3 Å². The Morgan fingerprint density at radius 1 is 1.15 bits per heavy atom. The van der Waals surface area contributed by atoms with Gasteiger partial charge >= 0.3 is 5.97 Å². The van der Waals surface area contributed by atoms with E-state index in [1.165, 1.54) is 7.11 Å². The smallest absolute Gasteiger partial charge is 0.305 e. The van der Waals surface area contributed by atoms with Gasteiger partial charge in [0, 0.05) is 17.5 Å². The Hall–Kier alpha value is -3.59. The number of nitrogens with zero attached hydrogens (tertiary/aromatic N) is 1. The molecule has 1 amide bonds. The maximum Gasteiger partial charge on any atom is 0.305 e. The normalized spacial score (nSPS) is 10.3. The number of nitrogens with one attached hydrogen (secondary N) is 1. The van der Waals surface area contributed by atoms with Gasteiger partial charge in [0.15, 0.2) is 5.76 Å². The van der Waals surface area contributed by atoms with Gasteiger partial charge in [0.2, 0.25) is 0 Å². The molecular formula is C20H16N2O4. The van der Waals surface area contributed by atoms with Gasteiger partial charge in [-0.25, -0.2) is 0 Å². The predicted octanol–water partition coefficient (Wildman–Crippen LogP) is 3.66. The molecule has 0 aliphatic heterocycles. The van der Waals surface area contributed by atoms with Gasteiger partial charge in [-0.15, -0.1) is 0 Å². The number of esters is 1. The number of amides is 1. The Balaban J connectivity index is 1.68. The number of methoxy groups -OCH3 is 1. The molecule has 1 heterocycles. The highest BCUT2D eigenvalue weighted by atomic mass is 16.5. The second-order valence-electron chi connectivity index (χ2n) is 5.70. The number of anilines is 1. The van der Waals surface area contributed by atoms with Crippen molar-refractivity contribution >= 4 is 28.5 Å². The van der Waals surface area contributed by atoms with Crippen LogP contribution >= 0.6 is 0 Å². The third-order valence-electron chi connectivity index (χ3n) is 3.93. The van der Waals surface area contributed by atoms with Gasteiger partial charge in [-0.3, -0.25) is 9.59 Å². The highest BCUT2D eigenvalue weighted by Crippen LogP contribution is 2.22. The lowest BCUT2D eigenvalue weighted by Gasteiger charge is -2.05. The molecule has 3 aromatic rings. The number of fused-ring (bicyclic) bond motifs is 1. The molecule has 2 aromatic carbocycles. The number of ether oxygens (including phenoxy) is 1. The summed E-state index contributed by atoms with van der Waals surface area (Å²) >= 11 is 0. The van der Waals surface area contributed by atoms with Crippen LogP contribution in [-0.4, -0.2) is 19.0 Å². The quantitative estimate of drug-likeness (QED) is 0.710. The number of aryl methyl sites for hydroxylation is 1. The zero-order chi connectivity index (χ0) is 18.5. The second-order valence-corrected chi connectivity index (χ2v) is 5.70.